The van der Waals surface area contributed by atoms with Gasteiger partial charge in [0.1, 0.15) is 19.3 Å². The van der Waals surface area contributed by atoms with Crippen molar-refractivity contribution < 1.29 is 9.31 Å². The van der Waals surface area contributed by atoms with Gasteiger partial charge in [0.2, 0.25) is 0 Å². The summed E-state index contributed by atoms with van der Waals surface area (Å²) >= 11 is 0. The number of methoxy groups -OCH3 is 1. The molecule has 0 radical (unpaired) electrons. The van der Waals surface area contributed by atoms with Gasteiger partial charge in [0.05, 0.1) is 7.11 Å². The molecule has 112 valence electrons. The average molecular weight is 293 g/mol. The second-order valence-corrected chi connectivity index (χ2v) is 6.24. The number of benzene rings is 2. The number of nitrogens with zero attached hydrogens (tertiary/aromatic N) is 1. The summed E-state index contributed by atoms with van der Waals surface area (Å²) in [6, 6.07) is 8.59. The van der Waals surface area contributed by atoms with Gasteiger partial charge in [-0.05, 0) is 42.3 Å². The normalized spacial score (nSPS) is 14.7. The van der Waals surface area contributed by atoms with Crippen molar-refractivity contribution in [3.05, 3.63) is 41.0 Å². The van der Waals surface area contributed by atoms with Gasteiger partial charge in [-0.1, -0.05) is 0 Å². The molecule has 0 spiro atoms. The third-order valence-corrected chi connectivity index (χ3v) is 5.15. The van der Waals surface area contributed by atoms with Crippen LogP contribution in [0.15, 0.2) is 24.3 Å². The first kappa shape index (κ1) is 13.4. The molecule has 0 fully saturated rings. The number of rotatable bonds is 1. The predicted molar refractivity (Wildman–Crippen MR) is 91.6 cm³/mol. The van der Waals surface area contributed by atoms with E-state index < -0.39 is 0 Å². The van der Waals surface area contributed by atoms with Crippen molar-refractivity contribution in [1.29, 1.82) is 0 Å². The predicted octanol–water partition coefficient (Wildman–Crippen LogP) is 3.65. The molecule has 1 N–H and O–H groups in total. The molecule has 3 aromatic rings. The summed E-state index contributed by atoms with van der Waals surface area (Å²) in [6.07, 6.45) is 1.11. The van der Waals surface area contributed by atoms with Crippen molar-refractivity contribution in [3.8, 4) is 5.75 Å². The minimum absolute atomic E-state index is 0.904. The third-order valence-electron chi connectivity index (χ3n) is 5.15. The summed E-state index contributed by atoms with van der Waals surface area (Å²) in [6.45, 7) is 5.56. The minimum Gasteiger partial charge on any atom is -0.497 e. The van der Waals surface area contributed by atoms with Gasteiger partial charge in [0.25, 0.3) is 0 Å². The molecule has 3 nitrogen and oxygen atoms in total. The van der Waals surface area contributed by atoms with E-state index in [2.05, 4.69) is 48.7 Å². The highest BCUT2D eigenvalue weighted by Crippen LogP contribution is 2.34. The topological polar surface area (TPSA) is 28.0 Å². The molecule has 2 heterocycles. The molecule has 4 rings (SSSR count). The van der Waals surface area contributed by atoms with Gasteiger partial charge in [-0.25, -0.2) is 4.58 Å². The van der Waals surface area contributed by atoms with Crippen LogP contribution in [0, 0.1) is 6.92 Å². The van der Waals surface area contributed by atoms with Gasteiger partial charge in [0, 0.05) is 40.7 Å². The first-order valence-electron chi connectivity index (χ1n) is 7.77. The Balaban J connectivity index is 2.13. The zero-order valence-electron chi connectivity index (χ0n) is 13.6. The van der Waals surface area contributed by atoms with Gasteiger partial charge < -0.3 is 9.72 Å². The molecule has 1 aliphatic rings. The maximum atomic E-state index is 5.39. The number of nitrogens with one attached hydrogen (secondary N) is 1. The monoisotopic (exact) mass is 293 g/mol. The summed E-state index contributed by atoms with van der Waals surface area (Å²) in [7, 11) is 3.89. The van der Waals surface area contributed by atoms with Gasteiger partial charge in [0.15, 0.2) is 5.71 Å². The highest BCUT2D eigenvalue weighted by atomic mass is 16.5. The van der Waals surface area contributed by atoms with Crippen LogP contribution in [0.1, 0.15) is 23.6 Å². The van der Waals surface area contributed by atoms with Crippen molar-refractivity contribution in [2.45, 2.75) is 20.3 Å². The summed E-state index contributed by atoms with van der Waals surface area (Å²) < 4.78 is 7.74. The van der Waals surface area contributed by atoms with E-state index in [9.17, 15) is 0 Å². The van der Waals surface area contributed by atoms with Crippen LogP contribution in [-0.2, 0) is 6.42 Å². The lowest BCUT2D eigenvalue weighted by Crippen LogP contribution is -2.25. The first-order chi connectivity index (χ1) is 10.6. The standard InChI is InChI=1S/C19H20N2O/c1-11-14-7-8-21(3)12(2)15(14)10-17-16-9-13(22-4)5-6-18(16)20-19(11)17/h5-6,9-10H,7-8H2,1-4H3/p+1. The van der Waals surface area contributed by atoms with E-state index in [-0.39, 0.29) is 0 Å². The summed E-state index contributed by atoms with van der Waals surface area (Å²) in [4.78, 5) is 3.60. The van der Waals surface area contributed by atoms with Gasteiger partial charge in [-0.2, -0.15) is 0 Å². The number of aromatic amines is 1. The maximum absolute atomic E-state index is 5.39. The molecule has 0 saturated carbocycles. The van der Waals surface area contributed by atoms with Crippen LogP contribution in [-0.4, -0.2) is 36.0 Å². The summed E-state index contributed by atoms with van der Waals surface area (Å²) in [5, 5.41) is 2.53. The molecular formula is C19H21N2O+. The lowest BCUT2D eigenvalue weighted by atomic mass is 9.91. The van der Waals surface area contributed by atoms with Crippen molar-refractivity contribution in [1.82, 2.24) is 4.98 Å². The first-order valence-corrected chi connectivity index (χ1v) is 7.77. The highest BCUT2D eigenvalue weighted by Gasteiger charge is 2.23. The molecular weight excluding hydrogens is 272 g/mol. The Bertz CT molecular complexity index is 947. The molecule has 0 aliphatic carbocycles. The van der Waals surface area contributed by atoms with Crippen LogP contribution in [0.25, 0.3) is 21.8 Å². The van der Waals surface area contributed by atoms with Crippen LogP contribution in [0.2, 0.25) is 0 Å². The Morgan fingerprint density at radius 2 is 1.95 bits per heavy atom. The van der Waals surface area contributed by atoms with Gasteiger partial charge in [-0.3, -0.25) is 0 Å². The van der Waals surface area contributed by atoms with Crippen molar-refractivity contribution in [2.24, 2.45) is 0 Å². The smallest absolute Gasteiger partial charge is 0.180 e. The summed E-state index contributed by atoms with van der Waals surface area (Å²) in [5.41, 5.74) is 8.06. The van der Waals surface area contributed by atoms with E-state index >= 15 is 0 Å². The second kappa shape index (κ2) is 4.60. The molecule has 1 aliphatic heterocycles. The molecule has 0 amide bonds. The Morgan fingerprint density at radius 3 is 2.73 bits per heavy atom. The number of aryl methyl sites for hydroxylation is 1. The van der Waals surface area contributed by atoms with E-state index in [0.29, 0.717) is 0 Å². The molecule has 3 heteroatoms. The lowest BCUT2D eigenvalue weighted by molar-refractivity contribution is -0.498. The van der Waals surface area contributed by atoms with Crippen LogP contribution < -0.4 is 4.74 Å². The van der Waals surface area contributed by atoms with E-state index in [1.807, 2.05) is 6.07 Å². The van der Waals surface area contributed by atoms with Crippen LogP contribution in [0.5, 0.6) is 5.75 Å². The van der Waals surface area contributed by atoms with Crippen LogP contribution in [0.3, 0.4) is 0 Å². The number of ether oxygens (including phenoxy) is 1. The number of hydrogen-bond donors (Lipinski definition) is 1. The second-order valence-electron chi connectivity index (χ2n) is 6.24. The van der Waals surface area contributed by atoms with Crippen LogP contribution in [0.4, 0.5) is 0 Å². The number of hydrogen-bond acceptors (Lipinski definition) is 1. The molecule has 2 aromatic carbocycles. The van der Waals surface area contributed by atoms with Crippen molar-refractivity contribution in [2.75, 3.05) is 20.7 Å². The van der Waals surface area contributed by atoms with Gasteiger partial charge in [-0.15, -0.1) is 0 Å². The third kappa shape index (κ3) is 1.71. The molecule has 0 unspecified atom stereocenters. The lowest BCUT2D eigenvalue weighted by Gasteiger charge is -2.17. The quantitative estimate of drug-likeness (QED) is 0.682. The Labute approximate surface area is 130 Å². The summed E-state index contributed by atoms with van der Waals surface area (Å²) in [5.74, 6) is 0.904. The number of H-pyrrole nitrogens is 1. The Morgan fingerprint density at radius 1 is 1.14 bits per heavy atom. The van der Waals surface area contributed by atoms with E-state index in [1.54, 1.807) is 7.11 Å². The number of fused-ring (bicyclic) bond motifs is 4. The Hall–Kier alpha value is -2.29. The largest absolute Gasteiger partial charge is 0.497 e. The van der Waals surface area contributed by atoms with E-state index in [1.165, 1.54) is 44.2 Å². The zero-order valence-corrected chi connectivity index (χ0v) is 13.6. The van der Waals surface area contributed by atoms with Gasteiger partial charge >= 0.3 is 0 Å². The highest BCUT2D eigenvalue weighted by molar-refractivity contribution is 6.12. The fourth-order valence-electron chi connectivity index (χ4n) is 3.65. The minimum atomic E-state index is 0.904. The van der Waals surface area contributed by atoms with Crippen molar-refractivity contribution >= 4 is 27.5 Å². The number of likely N-dealkylation sites (N-methyl/N-ethyl adjacent to an activating group) is 1. The molecule has 22 heavy (non-hydrogen) atoms. The Kier molecular flexibility index (Phi) is 2.80. The fraction of sp³-hybridized carbons (Fsp3) is 0.316. The van der Waals surface area contributed by atoms with E-state index in [4.69, 9.17) is 4.74 Å². The maximum Gasteiger partial charge on any atom is 0.180 e. The van der Waals surface area contributed by atoms with E-state index in [0.717, 1.165) is 18.7 Å². The molecule has 0 bridgehead atoms. The molecule has 0 atom stereocenters. The van der Waals surface area contributed by atoms with Crippen LogP contribution >= 0.6 is 0 Å². The van der Waals surface area contributed by atoms with Crippen molar-refractivity contribution in [3.63, 3.8) is 0 Å². The SMILES string of the molecule is COc1ccc2[nH]c3c(C)c4c(cc3c2c1)C(C)=[N+](C)CC4. The fourth-order valence-corrected chi connectivity index (χ4v) is 3.65. The molecule has 1 aromatic heterocycles. The average Bonchev–Trinajstić information content (AvgIpc) is 2.90. The zero-order chi connectivity index (χ0) is 15.4. The molecule has 0 saturated heterocycles. The number of aromatic nitrogens is 1.